The van der Waals surface area contributed by atoms with Gasteiger partial charge in [0.2, 0.25) is 5.91 Å². The average Bonchev–Trinajstić information content (AvgIpc) is 3.59. The van der Waals surface area contributed by atoms with Crippen molar-refractivity contribution in [1.82, 2.24) is 20.4 Å². The number of β-amino-alcohol motifs (C(OH)–C–C–N with tert-alkyl or cyclic N) is 1. The van der Waals surface area contributed by atoms with E-state index in [1.54, 1.807) is 19.1 Å². The molecular weight excluding hydrogens is 500 g/mol. The first kappa shape index (κ1) is 28.5. The molecule has 2 aromatic rings. The van der Waals surface area contributed by atoms with Crippen molar-refractivity contribution in [2.24, 2.45) is 0 Å². The van der Waals surface area contributed by atoms with Gasteiger partial charge in [0, 0.05) is 37.2 Å². The smallest absolute Gasteiger partial charge is 0.254 e. The molecule has 3 amide bonds. The number of aromatic hydroxyl groups is 1. The van der Waals surface area contributed by atoms with Gasteiger partial charge in [-0.25, -0.2) is 0 Å². The second-order valence-electron chi connectivity index (χ2n) is 10.4. The standard InChI is InChI=1S/C29H38N4O6/c1-19-22(10-7-11-25(19)35)27(37)31-23(16-20-8-3-2-4-9-20)26(36)29(39)33-18-21(34)17-24(33)28(38)30-12-15-32-13-5-6-14-32/h2-4,7-11,21,23-24,26,34-36H,5-6,12-18H2,1H3,(H,30,38)(H,31,37)/t21-,23+,24+,26+/m1/s1. The molecule has 0 saturated carbocycles. The minimum atomic E-state index is -1.67. The van der Waals surface area contributed by atoms with E-state index in [0.717, 1.165) is 38.0 Å². The van der Waals surface area contributed by atoms with Crippen LogP contribution in [0.5, 0.6) is 5.75 Å². The summed E-state index contributed by atoms with van der Waals surface area (Å²) in [4.78, 5) is 43.2. The zero-order valence-electron chi connectivity index (χ0n) is 22.3. The number of hydrogen-bond donors (Lipinski definition) is 5. The third kappa shape index (κ3) is 7.14. The molecule has 10 heteroatoms. The second kappa shape index (κ2) is 13.1. The van der Waals surface area contributed by atoms with Crippen molar-refractivity contribution in [2.75, 3.05) is 32.7 Å². The molecule has 4 atom stereocenters. The number of nitrogens with one attached hydrogen (secondary N) is 2. The number of amides is 3. The van der Waals surface area contributed by atoms with Gasteiger partial charge in [0.25, 0.3) is 11.8 Å². The Bertz CT molecular complexity index is 1150. The van der Waals surface area contributed by atoms with Crippen molar-refractivity contribution in [3.8, 4) is 5.75 Å². The fourth-order valence-corrected chi connectivity index (χ4v) is 5.33. The minimum absolute atomic E-state index is 0.0384. The summed E-state index contributed by atoms with van der Waals surface area (Å²) in [5, 5.41) is 37.2. The highest BCUT2D eigenvalue weighted by Gasteiger charge is 2.42. The molecule has 10 nitrogen and oxygen atoms in total. The number of carbonyl (C=O) groups excluding carboxylic acids is 3. The maximum absolute atomic E-state index is 13.5. The maximum atomic E-state index is 13.5. The Morgan fingerprint density at radius 2 is 1.77 bits per heavy atom. The van der Waals surface area contributed by atoms with E-state index in [-0.39, 0.29) is 36.6 Å². The third-order valence-corrected chi connectivity index (χ3v) is 7.59. The fraction of sp³-hybridized carbons (Fsp3) is 0.483. The summed E-state index contributed by atoms with van der Waals surface area (Å²) in [5.41, 5.74) is 1.39. The van der Waals surface area contributed by atoms with Crippen LogP contribution in [-0.2, 0) is 16.0 Å². The van der Waals surface area contributed by atoms with Crippen LogP contribution in [-0.4, -0.2) is 99.9 Å². The molecule has 2 aromatic carbocycles. The summed E-state index contributed by atoms with van der Waals surface area (Å²) >= 11 is 0. The summed E-state index contributed by atoms with van der Waals surface area (Å²) in [6.07, 6.45) is -0.0415. The molecule has 0 spiro atoms. The number of rotatable bonds is 10. The summed E-state index contributed by atoms with van der Waals surface area (Å²) in [6, 6.07) is 11.8. The van der Waals surface area contributed by atoms with Gasteiger partial charge in [-0.05, 0) is 57.0 Å². The lowest BCUT2D eigenvalue weighted by Gasteiger charge is -2.30. The Hall–Kier alpha value is -3.47. The molecule has 2 fully saturated rings. The normalized spacial score (nSPS) is 20.9. The molecule has 5 N–H and O–H groups in total. The van der Waals surface area contributed by atoms with Crippen LogP contribution >= 0.6 is 0 Å². The molecule has 2 heterocycles. The first-order valence-corrected chi connectivity index (χ1v) is 13.5. The van der Waals surface area contributed by atoms with E-state index in [0.29, 0.717) is 12.1 Å². The van der Waals surface area contributed by atoms with E-state index in [9.17, 15) is 29.7 Å². The Kier molecular flexibility index (Phi) is 9.55. The van der Waals surface area contributed by atoms with E-state index in [4.69, 9.17) is 0 Å². The summed E-state index contributed by atoms with van der Waals surface area (Å²) < 4.78 is 0. The summed E-state index contributed by atoms with van der Waals surface area (Å²) in [6.45, 7) is 4.69. The molecule has 2 saturated heterocycles. The zero-order chi connectivity index (χ0) is 27.9. The number of carbonyl (C=O) groups is 3. The number of phenolic OH excluding ortho intramolecular Hbond substituents is 1. The molecule has 0 aliphatic carbocycles. The van der Waals surface area contributed by atoms with Gasteiger partial charge in [-0.1, -0.05) is 36.4 Å². The molecule has 0 aromatic heterocycles. The number of benzene rings is 2. The Labute approximate surface area is 228 Å². The van der Waals surface area contributed by atoms with Gasteiger partial charge in [-0.3, -0.25) is 14.4 Å². The number of nitrogens with zero attached hydrogens (tertiary/aromatic N) is 2. The quantitative estimate of drug-likeness (QED) is 0.298. The van der Waals surface area contributed by atoms with Crippen molar-refractivity contribution >= 4 is 17.7 Å². The van der Waals surface area contributed by atoms with Gasteiger partial charge in [0.15, 0.2) is 6.10 Å². The topological polar surface area (TPSA) is 142 Å². The van der Waals surface area contributed by atoms with E-state index in [2.05, 4.69) is 15.5 Å². The zero-order valence-corrected chi connectivity index (χ0v) is 22.3. The number of likely N-dealkylation sites (tertiary alicyclic amines) is 2. The molecule has 2 aliphatic heterocycles. The lowest BCUT2D eigenvalue weighted by atomic mass is 9.98. The Balaban J connectivity index is 1.48. The van der Waals surface area contributed by atoms with Gasteiger partial charge in [-0.15, -0.1) is 0 Å². The molecule has 0 bridgehead atoms. The van der Waals surface area contributed by atoms with E-state index in [1.807, 2.05) is 30.3 Å². The van der Waals surface area contributed by atoms with Crippen molar-refractivity contribution < 1.29 is 29.7 Å². The van der Waals surface area contributed by atoms with Crippen LogP contribution in [0.15, 0.2) is 48.5 Å². The first-order chi connectivity index (χ1) is 18.7. The molecule has 39 heavy (non-hydrogen) atoms. The van der Waals surface area contributed by atoms with Crippen LogP contribution < -0.4 is 10.6 Å². The lowest BCUT2D eigenvalue weighted by Crippen LogP contribution is -2.56. The molecule has 4 rings (SSSR count). The fourth-order valence-electron chi connectivity index (χ4n) is 5.33. The lowest BCUT2D eigenvalue weighted by molar-refractivity contribution is -0.146. The van der Waals surface area contributed by atoms with Crippen LogP contribution in [0.2, 0.25) is 0 Å². The highest BCUT2D eigenvalue weighted by atomic mass is 16.3. The van der Waals surface area contributed by atoms with Gasteiger partial charge >= 0.3 is 0 Å². The molecule has 210 valence electrons. The summed E-state index contributed by atoms with van der Waals surface area (Å²) in [7, 11) is 0. The number of aliphatic hydroxyl groups is 2. The summed E-state index contributed by atoms with van der Waals surface area (Å²) in [5.74, 6) is -1.69. The van der Waals surface area contributed by atoms with Gasteiger partial charge in [0.1, 0.15) is 11.8 Å². The SMILES string of the molecule is Cc1c(O)cccc1C(=O)N[C@@H](Cc1ccccc1)[C@H](O)C(=O)N1C[C@H](O)C[C@H]1C(=O)NCCN1CCCC1. The van der Waals surface area contributed by atoms with Crippen LogP contribution in [0.3, 0.4) is 0 Å². The highest BCUT2D eigenvalue weighted by molar-refractivity contribution is 5.97. The molecule has 2 aliphatic rings. The van der Waals surface area contributed by atoms with Crippen LogP contribution in [0.1, 0.15) is 40.7 Å². The Morgan fingerprint density at radius 1 is 1.05 bits per heavy atom. The van der Waals surface area contributed by atoms with Gasteiger partial charge in [-0.2, -0.15) is 0 Å². The molecular formula is C29H38N4O6. The number of hydrogen-bond acceptors (Lipinski definition) is 7. The van der Waals surface area contributed by atoms with Crippen LogP contribution in [0.25, 0.3) is 0 Å². The third-order valence-electron chi connectivity index (χ3n) is 7.59. The second-order valence-corrected chi connectivity index (χ2v) is 10.4. The van der Waals surface area contributed by atoms with Crippen molar-refractivity contribution in [3.63, 3.8) is 0 Å². The van der Waals surface area contributed by atoms with Crippen molar-refractivity contribution in [3.05, 3.63) is 65.2 Å². The molecule has 0 unspecified atom stereocenters. The van der Waals surface area contributed by atoms with Crippen LogP contribution in [0.4, 0.5) is 0 Å². The largest absolute Gasteiger partial charge is 0.508 e. The highest BCUT2D eigenvalue weighted by Crippen LogP contribution is 2.22. The monoisotopic (exact) mass is 538 g/mol. The predicted octanol–water partition coefficient (Wildman–Crippen LogP) is 0.576. The molecule has 0 radical (unpaired) electrons. The van der Waals surface area contributed by atoms with Gasteiger partial charge < -0.3 is 35.8 Å². The maximum Gasteiger partial charge on any atom is 0.254 e. The van der Waals surface area contributed by atoms with Gasteiger partial charge in [0.05, 0.1) is 12.1 Å². The average molecular weight is 539 g/mol. The van der Waals surface area contributed by atoms with Crippen molar-refractivity contribution in [2.45, 2.75) is 56.9 Å². The van der Waals surface area contributed by atoms with E-state index < -0.39 is 36.1 Å². The Morgan fingerprint density at radius 3 is 2.49 bits per heavy atom. The van der Waals surface area contributed by atoms with E-state index >= 15 is 0 Å². The van der Waals surface area contributed by atoms with E-state index in [1.165, 1.54) is 11.0 Å². The first-order valence-electron chi connectivity index (χ1n) is 13.5. The predicted molar refractivity (Wildman–Crippen MR) is 145 cm³/mol. The minimum Gasteiger partial charge on any atom is -0.508 e. The van der Waals surface area contributed by atoms with Crippen LogP contribution in [0, 0.1) is 6.92 Å². The number of phenols is 1. The van der Waals surface area contributed by atoms with Crippen molar-refractivity contribution in [1.29, 1.82) is 0 Å². The number of aliphatic hydroxyl groups excluding tert-OH is 2.